The Balaban J connectivity index is 1.13. The second-order valence-corrected chi connectivity index (χ2v) is 7.80. The predicted molar refractivity (Wildman–Crippen MR) is 109 cm³/mol. The number of carbonyl (C=O) groups excluding carboxylic acids is 2. The van der Waals surface area contributed by atoms with Crippen molar-refractivity contribution in [2.45, 2.75) is 18.9 Å². The van der Waals surface area contributed by atoms with E-state index in [1.807, 2.05) is 29.3 Å². The van der Waals surface area contributed by atoms with Gasteiger partial charge in [0.05, 0.1) is 25.5 Å². The number of nitrogens with one attached hydrogen (secondary N) is 1. The third-order valence-corrected chi connectivity index (χ3v) is 5.90. The Kier molecular flexibility index (Phi) is 4.96. The first-order valence-corrected chi connectivity index (χ1v) is 10.3. The molecule has 4 heterocycles. The summed E-state index contributed by atoms with van der Waals surface area (Å²) in [5.74, 6) is 0.0248. The van der Waals surface area contributed by atoms with E-state index in [-0.39, 0.29) is 17.9 Å². The van der Waals surface area contributed by atoms with Crippen LogP contribution in [0.15, 0.2) is 36.7 Å². The van der Waals surface area contributed by atoms with Crippen molar-refractivity contribution in [3.05, 3.63) is 47.9 Å². The van der Waals surface area contributed by atoms with Gasteiger partial charge in [0.15, 0.2) is 5.69 Å². The smallest absolute Gasteiger partial charge is 0.276 e. The van der Waals surface area contributed by atoms with E-state index in [9.17, 15) is 9.59 Å². The lowest BCUT2D eigenvalue weighted by molar-refractivity contribution is -0.137. The number of benzene rings is 1. The normalized spacial score (nSPS) is 17.3. The second-order valence-electron chi connectivity index (χ2n) is 7.80. The number of amides is 2. The van der Waals surface area contributed by atoms with Crippen LogP contribution in [0.25, 0.3) is 10.9 Å². The van der Waals surface area contributed by atoms with Gasteiger partial charge in [-0.2, -0.15) is 0 Å². The number of carbonyl (C=O) groups is 2. The van der Waals surface area contributed by atoms with Crippen LogP contribution in [0.2, 0.25) is 0 Å². The topological polar surface area (TPSA) is 96.4 Å². The quantitative estimate of drug-likeness (QED) is 0.685. The van der Waals surface area contributed by atoms with Gasteiger partial charge >= 0.3 is 0 Å². The molecule has 2 aliphatic rings. The highest BCUT2D eigenvalue weighted by molar-refractivity contribution is 5.92. The molecule has 2 saturated heterocycles. The van der Waals surface area contributed by atoms with Crippen molar-refractivity contribution < 1.29 is 14.3 Å². The molecule has 1 N–H and O–H groups in total. The first kappa shape index (κ1) is 18.8. The Labute approximate surface area is 173 Å². The minimum atomic E-state index is -0.115. The van der Waals surface area contributed by atoms with Crippen LogP contribution < -0.4 is 0 Å². The zero-order valence-electron chi connectivity index (χ0n) is 16.7. The van der Waals surface area contributed by atoms with Crippen molar-refractivity contribution in [3.63, 3.8) is 0 Å². The average Bonchev–Trinajstić information content (AvgIpc) is 3.39. The molecule has 0 unspecified atom stereocenters. The highest BCUT2D eigenvalue weighted by atomic mass is 16.5. The molecule has 30 heavy (non-hydrogen) atoms. The van der Waals surface area contributed by atoms with Gasteiger partial charge in [0.2, 0.25) is 5.91 Å². The van der Waals surface area contributed by atoms with E-state index in [4.69, 9.17) is 4.74 Å². The van der Waals surface area contributed by atoms with Crippen molar-refractivity contribution in [1.29, 1.82) is 0 Å². The molecule has 2 fully saturated rings. The highest BCUT2D eigenvalue weighted by Crippen LogP contribution is 2.23. The maximum absolute atomic E-state index is 12.6. The fourth-order valence-corrected chi connectivity index (χ4v) is 4.05. The van der Waals surface area contributed by atoms with Gasteiger partial charge in [0.1, 0.15) is 0 Å². The van der Waals surface area contributed by atoms with Crippen LogP contribution in [0, 0.1) is 0 Å². The summed E-state index contributed by atoms with van der Waals surface area (Å²) in [4.78, 5) is 31.9. The molecule has 0 aliphatic carbocycles. The monoisotopic (exact) mass is 408 g/mol. The Bertz CT molecular complexity index is 1060. The SMILES string of the molecule is O=C(CCc1c[nH]c2ccccc12)N1CC(n2cc(C(=O)N3CCOCC3)nn2)C1. The molecular weight excluding hydrogens is 384 g/mol. The summed E-state index contributed by atoms with van der Waals surface area (Å²) in [6.07, 6.45) is 4.87. The second kappa shape index (κ2) is 7.91. The van der Waals surface area contributed by atoms with Gasteiger partial charge in [-0.1, -0.05) is 23.4 Å². The van der Waals surface area contributed by atoms with E-state index in [1.54, 1.807) is 15.8 Å². The van der Waals surface area contributed by atoms with Crippen LogP contribution in [0.5, 0.6) is 0 Å². The van der Waals surface area contributed by atoms with Crippen molar-refractivity contribution in [1.82, 2.24) is 29.8 Å². The van der Waals surface area contributed by atoms with Crippen LogP contribution in [-0.2, 0) is 16.0 Å². The van der Waals surface area contributed by atoms with Gasteiger partial charge in [-0.25, -0.2) is 4.68 Å². The first-order chi connectivity index (χ1) is 14.7. The molecule has 9 heteroatoms. The fourth-order valence-electron chi connectivity index (χ4n) is 4.05. The van der Waals surface area contributed by atoms with E-state index in [2.05, 4.69) is 21.4 Å². The van der Waals surface area contributed by atoms with Crippen LogP contribution in [0.4, 0.5) is 0 Å². The molecule has 0 spiro atoms. The van der Waals surface area contributed by atoms with Gasteiger partial charge < -0.3 is 19.5 Å². The molecule has 0 atom stereocenters. The molecule has 9 nitrogen and oxygen atoms in total. The van der Waals surface area contributed by atoms with E-state index < -0.39 is 0 Å². The number of nitrogens with zero attached hydrogens (tertiary/aromatic N) is 5. The van der Waals surface area contributed by atoms with Crippen LogP contribution in [0.1, 0.15) is 28.5 Å². The number of hydrogen-bond donors (Lipinski definition) is 1. The summed E-state index contributed by atoms with van der Waals surface area (Å²) >= 11 is 0. The summed E-state index contributed by atoms with van der Waals surface area (Å²) in [7, 11) is 0. The lowest BCUT2D eigenvalue weighted by Crippen LogP contribution is -2.51. The van der Waals surface area contributed by atoms with Crippen LogP contribution in [-0.4, -0.2) is 81.0 Å². The van der Waals surface area contributed by atoms with E-state index in [0.717, 1.165) is 5.52 Å². The standard InChI is InChI=1S/C21H24N6O3/c28-20(6-5-15-11-22-18-4-2-1-3-17(15)18)26-12-16(13-26)27-14-19(23-24-27)21(29)25-7-9-30-10-8-25/h1-4,11,14,16,22H,5-10,12-13H2. The summed E-state index contributed by atoms with van der Waals surface area (Å²) in [5.41, 5.74) is 2.61. The number of aromatic nitrogens is 4. The minimum Gasteiger partial charge on any atom is -0.378 e. The summed E-state index contributed by atoms with van der Waals surface area (Å²) < 4.78 is 6.99. The lowest BCUT2D eigenvalue weighted by atomic mass is 10.1. The summed E-state index contributed by atoms with van der Waals surface area (Å²) in [5, 5.41) is 9.32. The van der Waals surface area contributed by atoms with Crippen LogP contribution in [0.3, 0.4) is 0 Å². The average molecular weight is 408 g/mol. The molecule has 1 aromatic carbocycles. The summed E-state index contributed by atoms with van der Waals surface area (Å²) in [6, 6.07) is 8.19. The molecule has 2 amide bonds. The number of morpholine rings is 1. The Morgan fingerprint density at radius 3 is 2.77 bits per heavy atom. The van der Waals surface area contributed by atoms with Gasteiger partial charge in [-0.05, 0) is 18.1 Å². The number of fused-ring (bicyclic) bond motifs is 1. The Hall–Kier alpha value is -3.20. The minimum absolute atomic E-state index is 0.0702. The number of rotatable bonds is 5. The number of H-pyrrole nitrogens is 1. The number of aryl methyl sites for hydroxylation is 1. The molecule has 2 aliphatic heterocycles. The maximum Gasteiger partial charge on any atom is 0.276 e. The highest BCUT2D eigenvalue weighted by Gasteiger charge is 2.33. The zero-order chi connectivity index (χ0) is 20.5. The van der Waals surface area contributed by atoms with Gasteiger partial charge in [0, 0.05) is 49.7 Å². The molecule has 5 rings (SSSR count). The third-order valence-electron chi connectivity index (χ3n) is 5.90. The van der Waals surface area contributed by atoms with E-state index >= 15 is 0 Å². The fraction of sp³-hybridized carbons (Fsp3) is 0.429. The summed E-state index contributed by atoms with van der Waals surface area (Å²) in [6.45, 7) is 3.46. The zero-order valence-corrected chi connectivity index (χ0v) is 16.7. The Morgan fingerprint density at radius 2 is 1.93 bits per heavy atom. The number of ether oxygens (including phenoxy) is 1. The maximum atomic E-state index is 12.6. The largest absolute Gasteiger partial charge is 0.378 e. The van der Waals surface area contributed by atoms with E-state index in [1.165, 1.54) is 10.9 Å². The molecule has 156 valence electrons. The first-order valence-electron chi connectivity index (χ1n) is 10.3. The molecule has 0 radical (unpaired) electrons. The number of likely N-dealkylation sites (tertiary alicyclic amines) is 1. The van der Waals surface area contributed by atoms with Crippen molar-refractivity contribution in [3.8, 4) is 0 Å². The Morgan fingerprint density at radius 1 is 1.13 bits per heavy atom. The lowest BCUT2D eigenvalue weighted by Gasteiger charge is -2.39. The third kappa shape index (κ3) is 3.56. The van der Waals surface area contributed by atoms with Gasteiger partial charge in [-0.15, -0.1) is 5.10 Å². The van der Waals surface area contributed by atoms with Gasteiger partial charge in [0.25, 0.3) is 5.91 Å². The van der Waals surface area contributed by atoms with E-state index in [0.29, 0.717) is 57.9 Å². The van der Waals surface area contributed by atoms with Crippen molar-refractivity contribution in [2.24, 2.45) is 0 Å². The van der Waals surface area contributed by atoms with Crippen molar-refractivity contribution in [2.75, 3.05) is 39.4 Å². The number of hydrogen-bond acceptors (Lipinski definition) is 5. The molecule has 0 bridgehead atoms. The molecule has 3 aromatic rings. The van der Waals surface area contributed by atoms with Crippen molar-refractivity contribution >= 4 is 22.7 Å². The molecule has 2 aromatic heterocycles. The van der Waals surface area contributed by atoms with Crippen LogP contribution >= 0.6 is 0 Å². The van der Waals surface area contributed by atoms with Gasteiger partial charge in [-0.3, -0.25) is 9.59 Å². The molecular formula is C21H24N6O3. The predicted octanol–water partition coefficient (Wildman–Crippen LogP) is 1.25. The number of aromatic amines is 1. The molecule has 0 saturated carbocycles. The number of para-hydroxylation sites is 1.